The fraction of sp³-hybridized carbons (Fsp3) is 0.526. The van der Waals surface area contributed by atoms with E-state index in [2.05, 4.69) is 10.3 Å². The molecule has 7 atom stereocenters. The van der Waals surface area contributed by atoms with Crippen LogP contribution >= 0.6 is 0 Å². The number of nitrogens with one attached hydrogen (secondary N) is 1. The second kappa shape index (κ2) is 17.5. The van der Waals surface area contributed by atoms with Gasteiger partial charge in [-0.3, -0.25) is 4.79 Å². The van der Waals surface area contributed by atoms with Crippen molar-refractivity contribution in [2.45, 2.75) is 88.7 Å². The van der Waals surface area contributed by atoms with Gasteiger partial charge in [0.15, 0.2) is 29.8 Å². The number of rotatable bonds is 16. The number of benzene rings is 2. The lowest BCUT2D eigenvalue weighted by Gasteiger charge is -2.46. The predicted octanol–water partition coefficient (Wildman–Crippen LogP) is 3.46. The monoisotopic (exact) mass is 725 g/mol. The van der Waals surface area contributed by atoms with E-state index >= 15 is 0 Å². The van der Waals surface area contributed by atoms with E-state index in [0.29, 0.717) is 43.5 Å². The Labute approximate surface area is 303 Å². The van der Waals surface area contributed by atoms with Gasteiger partial charge < -0.3 is 60.6 Å². The summed E-state index contributed by atoms with van der Waals surface area (Å²) < 4.78 is 23.6. The largest absolute Gasteiger partial charge is 0.504 e. The number of aryl methyl sites for hydroxylation is 1. The van der Waals surface area contributed by atoms with Crippen LogP contribution in [-0.2, 0) is 22.4 Å². The van der Waals surface area contributed by atoms with Crippen molar-refractivity contribution in [3.05, 3.63) is 65.4 Å². The number of anilines is 1. The van der Waals surface area contributed by atoms with Crippen LogP contribution in [0, 0.1) is 11.3 Å². The molecule has 0 bridgehead atoms. The molecule has 0 aliphatic carbocycles. The van der Waals surface area contributed by atoms with Crippen LogP contribution < -0.4 is 25.3 Å². The van der Waals surface area contributed by atoms with E-state index in [1.807, 2.05) is 13.0 Å². The quantitative estimate of drug-likeness (QED) is 0.0991. The number of pyridine rings is 1. The summed E-state index contributed by atoms with van der Waals surface area (Å²) in [6.07, 6.45) is 3.05. The van der Waals surface area contributed by atoms with E-state index < -0.39 is 42.3 Å². The number of methoxy groups -OCH3 is 1. The Kier molecular flexibility index (Phi) is 13.0. The maximum absolute atomic E-state index is 12.3. The van der Waals surface area contributed by atoms with Crippen molar-refractivity contribution in [3.63, 3.8) is 0 Å². The Balaban J connectivity index is 1.40. The molecule has 3 aromatic rings. The highest BCUT2D eigenvalue weighted by atomic mass is 16.6. The van der Waals surface area contributed by atoms with Gasteiger partial charge in [-0.05, 0) is 105 Å². The molecular formula is C38H51N3O11. The number of aromatic nitrogens is 1. The molecule has 0 amide bonds. The predicted molar refractivity (Wildman–Crippen MR) is 190 cm³/mol. The van der Waals surface area contributed by atoms with Gasteiger partial charge in [-0.1, -0.05) is 6.07 Å². The summed E-state index contributed by atoms with van der Waals surface area (Å²) in [4.78, 5) is 16.3. The van der Waals surface area contributed by atoms with Gasteiger partial charge in [-0.2, -0.15) is 0 Å². The van der Waals surface area contributed by atoms with Crippen LogP contribution in [0.3, 0.4) is 0 Å². The molecule has 2 fully saturated rings. The minimum Gasteiger partial charge on any atom is -0.504 e. The number of phenolic OH excluding ortho intramolecular Hbond substituents is 2. The van der Waals surface area contributed by atoms with Gasteiger partial charge in [0.1, 0.15) is 12.4 Å². The highest BCUT2D eigenvalue weighted by Gasteiger charge is 2.45. The number of carbonyl (C=O) groups is 1. The third kappa shape index (κ3) is 9.36. The third-order valence-corrected chi connectivity index (χ3v) is 10.4. The van der Waals surface area contributed by atoms with Gasteiger partial charge in [0, 0.05) is 36.2 Å². The van der Waals surface area contributed by atoms with Crippen molar-refractivity contribution in [2.75, 3.05) is 32.9 Å². The highest BCUT2D eigenvalue weighted by molar-refractivity contribution is 5.68. The molecule has 2 saturated heterocycles. The molecule has 0 radical (unpaired) electrons. The van der Waals surface area contributed by atoms with E-state index in [-0.39, 0.29) is 66.9 Å². The van der Waals surface area contributed by atoms with Crippen LogP contribution in [-0.4, -0.2) is 93.0 Å². The molecule has 2 aliphatic heterocycles. The maximum atomic E-state index is 12.3. The average Bonchev–Trinajstić information content (AvgIpc) is 3.10. The van der Waals surface area contributed by atoms with Crippen molar-refractivity contribution in [2.24, 2.45) is 11.3 Å². The van der Waals surface area contributed by atoms with E-state index in [1.165, 1.54) is 13.2 Å². The Morgan fingerprint density at radius 1 is 1.06 bits per heavy atom. The maximum Gasteiger partial charge on any atom is 0.303 e. The van der Waals surface area contributed by atoms with E-state index in [9.17, 15) is 30.3 Å². The number of phenols is 2. The molecule has 2 aliphatic rings. The van der Waals surface area contributed by atoms with E-state index in [4.69, 9.17) is 29.8 Å². The van der Waals surface area contributed by atoms with Crippen LogP contribution in [0.1, 0.15) is 68.2 Å². The second-order valence-corrected chi connectivity index (χ2v) is 14.0. The van der Waals surface area contributed by atoms with Gasteiger partial charge in [0.25, 0.3) is 0 Å². The average molecular weight is 726 g/mol. The Bertz CT molecular complexity index is 1660. The smallest absolute Gasteiger partial charge is 0.303 e. The van der Waals surface area contributed by atoms with Gasteiger partial charge in [0.2, 0.25) is 5.75 Å². The van der Waals surface area contributed by atoms with Crippen molar-refractivity contribution in [1.82, 2.24) is 10.3 Å². The number of aliphatic hydroxyl groups excluding tert-OH is 3. The molecule has 0 spiro atoms. The summed E-state index contributed by atoms with van der Waals surface area (Å²) in [5.41, 5.74) is 7.50. The molecule has 14 nitrogen and oxygen atoms in total. The topological polar surface area (TPSA) is 226 Å². The Hall–Kier alpha value is -4.34. The molecule has 14 heteroatoms. The lowest BCUT2D eigenvalue weighted by atomic mass is 9.67. The molecule has 5 rings (SSSR count). The molecule has 2 aromatic carbocycles. The number of aliphatic carboxylic acids is 1. The van der Waals surface area contributed by atoms with Crippen molar-refractivity contribution in [1.29, 1.82) is 0 Å². The number of ether oxygens (including phenoxy) is 4. The SMILES string of the molecule is COc1cc(C2OC(CCc3ccc(O)c(OCO)c3)CC(O)C2CCO)cc(OCC2NC(C)CCC2(CC(=O)O)Cc2ccnc(N)c2)c1O. The molecule has 7 unspecified atom stereocenters. The van der Waals surface area contributed by atoms with E-state index in [1.54, 1.807) is 36.5 Å². The number of nitrogen functional groups attached to an aromatic ring is 1. The number of hydrogen-bond acceptors (Lipinski definition) is 13. The highest BCUT2D eigenvalue weighted by Crippen LogP contribution is 2.46. The fourth-order valence-corrected chi connectivity index (χ4v) is 7.75. The van der Waals surface area contributed by atoms with Crippen LogP contribution in [0.5, 0.6) is 28.7 Å². The summed E-state index contributed by atoms with van der Waals surface area (Å²) in [7, 11) is 1.42. The van der Waals surface area contributed by atoms with Crippen LogP contribution in [0.4, 0.5) is 5.82 Å². The first-order valence-corrected chi connectivity index (χ1v) is 17.7. The summed E-state index contributed by atoms with van der Waals surface area (Å²) in [5, 5.41) is 65.2. The molecular weight excluding hydrogens is 674 g/mol. The molecule has 52 heavy (non-hydrogen) atoms. The standard InChI is InChI=1S/C38H51N3O11/c1-22-7-10-38(19-35(46)47,18-24-8-11-40-34(39)14-24)33(41-22)20-50-32-16-25(15-31(49-2)36(32)48)37-27(9-12-42)29(45)17-26(52-37)5-3-23-4-6-28(44)30(13-23)51-21-43/h4,6,8,11,13-16,22,26-27,29,33,37,41-45,48H,3,5,7,9-10,12,17-21H2,1-2H3,(H2,39,40)(H,46,47). The lowest BCUT2D eigenvalue weighted by Crippen LogP contribution is -2.57. The lowest BCUT2D eigenvalue weighted by molar-refractivity contribution is -0.144. The molecule has 9 N–H and O–H groups in total. The number of hydrogen-bond donors (Lipinski definition) is 8. The third-order valence-electron chi connectivity index (χ3n) is 10.4. The van der Waals surface area contributed by atoms with Crippen molar-refractivity contribution in [3.8, 4) is 28.7 Å². The number of carboxylic acids is 1. The zero-order valence-electron chi connectivity index (χ0n) is 29.6. The summed E-state index contributed by atoms with van der Waals surface area (Å²) >= 11 is 0. The Morgan fingerprint density at radius 3 is 2.56 bits per heavy atom. The van der Waals surface area contributed by atoms with E-state index in [0.717, 1.165) is 17.5 Å². The van der Waals surface area contributed by atoms with Gasteiger partial charge in [0.05, 0.1) is 31.8 Å². The van der Waals surface area contributed by atoms with Crippen LogP contribution in [0.15, 0.2) is 48.7 Å². The molecule has 3 heterocycles. The molecule has 284 valence electrons. The number of nitrogens with zero attached hydrogens (tertiary/aromatic N) is 1. The number of nitrogens with two attached hydrogens (primary N) is 1. The molecule has 0 saturated carbocycles. The number of carboxylic acid groups (broad SMARTS) is 1. The summed E-state index contributed by atoms with van der Waals surface area (Å²) in [6, 6.07) is 11.4. The van der Waals surface area contributed by atoms with Crippen LogP contribution in [0.2, 0.25) is 0 Å². The van der Waals surface area contributed by atoms with Gasteiger partial charge in [-0.25, -0.2) is 4.98 Å². The summed E-state index contributed by atoms with van der Waals surface area (Å²) in [6.45, 7) is 1.32. The minimum atomic E-state index is -0.934. The minimum absolute atomic E-state index is 0.0316. The zero-order valence-corrected chi connectivity index (χ0v) is 29.6. The number of aromatic hydroxyl groups is 2. The normalized spacial score (nSPS) is 26.1. The van der Waals surface area contributed by atoms with Crippen molar-refractivity contribution < 1.29 is 54.4 Å². The van der Waals surface area contributed by atoms with Gasteiger partial charge >= 0.3 is 5.97 Å². The first-order valence-electron chi connectivity index (χ1n) is 17.7. The van der Waals surface area contributed by atoms with Crippen molar-refractivity contribution >= 4 is 11.8 Å². The number of aliphatic hydroxyl groups is 3. The first kappa shape index (κ1) is 38.9. The number of piperidine rings is 1. The fourth-order valence-electron chi connectivity index (χ4n) is 7.75. The van der Waals surface area contributed by atoms with Gasteiger partial charge in [-0.15, -0.1) is 0 Å². The van der Waals surface area contributed by atoms with Crippen LogP contribution in [0.25, 0.3) is 0 Å². The molecule has 1 aromatic heterocycles. The summed E-state index contributed by atoms with van der Waals surface area (Å²) in [5.74, 6) is -0.986. The Morgan fingerprint density at radius 2 is 1.85 bits per heavy atom. The first-order chi connectivity index (χ1) is 24.9. The second-order valence-electron chi connectivity index (χ2n) is 14.0. The zero-order chi connectivity index (χ0) is 37.4.